The molecule has 19 heavy (non-hydrogen) atoms. The van der Waals surface area contributed by atoms with Gasteiger partial charge in [-0.2, -0.15) is 0 Å². The summed E-state index contributed by atoms with van der Waals surface area (Å²) in [7, 11) is -2.66. The van der Waals surface area contributed by atoms with Crippen molar-refractivity contribution < 1.29 is 27.7 Å². The Morgan fingerprint density at radius 3 is 1.16 bits per heavy atom. The van der Waals surface area contributed by atoms with E-state index in [1.54, 1.807) is 0 Å². The second-order valence-electron chi connectivity index (χ2n) is 3.92. The third kappa shape index (κ3) is 9.23. The van der Waals surface area contributed by atoms with Crippen molar-refractivity contribution in [3.63, 3.8) is 0 Å². The molecule has 0 atom stereocenters. The van der Waals surface area contributed by atoms with Gasteiger partial charge in [-0.15, -0.1) is 0 Å². The molecule has 0 spiro atoms. The van der Waals surface area contributed by atoms with Gasteiger partial charge in [-0.1, -0.05) is 20.8 Å². The molecule has 0 amide bonds. The SMILES string of the molecule is CCCC(=O)O[Si](OC(=O)CCC)OC(=O)CCC. The number of hydrogen-bond acceptors (Lipinski definition) is 6. The highest BCUT2D eigenvalue weighted by atomic mass is 28.3. The fourth-order valence-corrected chi connectivity index (χ4v) is 2.10. The van der Waals surface area contributed by atoms with Gasteiger partial charge in [0.2, 0.25) is 0 Å². The van der Waals surface area contributed by atoms with Crippen molar-refractivity contribution in [1.82, 2.24) is 0 Å². The van der Waals surface area contributed by atoms with E-state index < -0.39 is 27.4 Å². The molecule has 0 aromatic heterocycles. The molecule has 109 valence electrons. The molecule has 0 saturated carbocycles. The summed E-state index contributed by atoms with van der Waals surface area (Å²) in [5.41, 5.74) is 0. The zero-order valence-corrected chi connectivity index (χ0v) is 12.7. The Morgan fingerprint density at radius 2 is 0.947 bits per heavy atom. The molecule has 0 N–H and O–H groups in total. The van der Waals surface area contributed by atoms with E-state index >= 15 is 0 Å². The van der Waals surface area contributed by atoms with Crippen LogP contribution in [0.1, 0.15) is 59.3 Å². The fraction of sp³-hybridized carbons (Fsp3) is 0.750. The molecule has 0 aromatic carbocycles. The lowest BCUT2D eigenvalue weighted by Gasteiger charge is -2.13. The number of carbonyl (C=O) groups is 3. The molecular weight excluding hydrogens is 268 g/mol. The van der Waals surface area contributed by atoms with Crippen LogP contribution in [-0.4, -0.2) is 27.4 Å². The minimum atomic E-state index is -2.66. The van der Waals surface area contributed by atoms with E-state index in [9.17, 15) is 14.4 Å². The van der Waals surface area contributed by atoms with Crippen molar-refractivity contribution in [2.24, 2.45) is 0 Å². The lowest BCUT2D eigenvalue weighted by atomic mass is 10.3. The van der Waals surface area contributed by atoms with Crippen molar-refractivity contribution in [3.05, 3.63) is 0 Å². The summed E-state index contributed by atoms with van der Waals surface area (Å²) in [6.07, 6.45) is 2.43. The third-order valence-electron chi connectivity index (χ3n) is 1.95. The first-order valence-electron chi connectivity index (χ1n) is 6.52. The lowest BCUT2D eigenvalue weighted by Crippen LogP contribution is -2.34. The van der Waals surface area contributed by atoms with Gasteiger partial charge >= 0.3 is 9.53 Å². The predicted molar refractivity (Wildman–Crippen MR) is 68.8 cm³/mol. The Bertz CT molecular complexity index is 257. The van der Waals surface area contributed by atoms with Gasteiger partial charge in [-0.25, -0.2) is 0 Å². The monoisotopic (exact) mass is 289 g/mol. The van der Waals surface area contributed by atoms with Crippen molar-refractivity contribution >= 4 is 27.4 Å². The van der Waals surface area contributed by atoms with Crippen LogP contribution in [0.2, 0.25) is 0 Å². The first-order valence-corrected chi connectivity index (χ1v) is 7.74. The summed E-state index contributed by atoms with van der Waals surface area (Å²) >= 11 is 0. The first-order chi connectivity index (χ1) is 9.03. The Hall–Kier alpha value is -1.37. The quantitative estimate of drug-likeness (QED) is 0.604. The molecule has 0 saturated heterocycles. The molecule has 0 rings (SSSR count). The Morgan fingerprint density at radius 1 is 0.684 bits per heavy atom. The highest BCUT2D eigenvalue weighted by molar-refractivity contribution is 6.44. The van der Waals surface area contributed by atoms with Crippen LogP contribution in [0.15, 0.2) is 0 Å². The van der Waals surface area contributed by atoms with Gasteiger partial charge in [0, 0.05) is 19.3 Å². The normalized spacial score (nSPS) is 10.1. The standard InChI is InChI=1S/C12H21O6Si/c1-4-7-10(13)16-19(17-11(14)8-5-2)18-12(15)9-6-3/h4-9H2,1-3H3. The first kappa shape index (κ1) is 17.6. The molecule has 0 unspecified atom stereocenters. The van der Waals surface area contributed by atoms with Crippen LogP contribution in [0.4, 0.5) is 0 Å². The molecule has 0 heterocycles. The average molecular weight is 289 g/mol. The summed E-state index contributed by atoms with van der Waals surface area (Å²) in [4.78, 5) is 34.1. The van der Waals surface area contributed by atoms with Crippen LogP contribution in [0.5, 0.6) is 0 Å². The van der Waals surface area contributed by atoms with Gasteiger partial charge in [-0.05, 0) is 19.3 Å². The van der Waals surface area contributed by atoms with Crippen molar-refractivity contribution in [3.8, 4) is 0 Å². The molecule has 0 bridgehead atoms. The zero-order valence-electron chi connectivity index (χ0n) is 11.7. The van der Waals surface area contributed by atoms with E-state index in [-0.39, 0.29) is 19.3 Å². The Kier molecular flexibility index (Phi) is 9.78. The van der Waals surface area contributed by atoms with Crippen molar-refractivity contribution in [1.29, 1.82) is 0 Å². The van der Waals surface area contributed by atoms with Crippen molar-refractivity contribution in [2.75, 3.05) is 0 Å². The van der Waals surface area contributed by atoms with Crippen LogP contribution < -0.4 is 0 Å². The van der Waals surface area contributed by atoms with Crippen LogP contribution in [-0.2, 0) is 27.7 Å². The van der Waals surface area contributed by atoms with Gasteiger partial charge in [0.15, 0.2) is 0 Å². The Balaban J connectivity index is 4.40. The summed E-state index contributed by atoms with van der Waals surface area (Å²) in [5, 5.41) is 0. The van der Waals surface area contributed by atoms with Gasteiger partial charge in [0.05, 0.1) is 0 Å². The number of hydrogen-bond donors (Lipinski definition) is 0. The minimum Gasteiger partial charge on any atom is -0.451 e. The number of carbonyl (C=O) groups excluding carboxylic acids is 3. The van der Waals surface area contributed by atoms with E-state index in [1.165, 1.54) is 0 Å². The third-order valence-corrected chi connectivity index (χ3v) is 3.14. The van der Waals surface area contributed by atoms with Gasteiger partial charge in [-0.3, -0.25) is 14.4 Å². The van der Waals surface area contributed by atoms with E-state index in [2.05, 4.69) is 0 Å². The highest BCUT2D eigenvalue weighted by Crippen LogP contribution is 2.03. The largest absolute Gasteiger partial charge is 0.824 e. The van der Waals surface area contributed by atoms with Gasteiger partial charge < -0.3 is 13.3 Å². The van der Waals surface area contributed by atoms with Crippen LogP contribution in [0.3, 0.4) is 0 Å². The van der Waals surface area contributed by atoms with E-state index in [0.717, 1.165) is 0 Å². The second kappa shape index (κ2) is 10.5. The van der Waals surface area contributed by atoms with Gasteiger partial charge in [0.1, 0.15) is 0 Å². The van der Waals surface area contributed by atoms with Crippen LogP contribution in [0, 0.1) is 0 Å². The fourth-order valence-electron chi connectivity index (χ4n) is 1.11. The predicted octanol–water partition coefficient (Wildman–Crippen LogP) is 2.00. The summed E-state index contributed by atoms with van der Waals surface area (Å²) in [5.74, 6) is -1.57. The molecule has 7 heteroatoms. The summed E-state index contributed by atoms with van der Waals surface area (Å²) in [6.45, 7) is 5.46. The van der Waals surface area contributed by atoms with Crippen LogP contribution >= 0.6 is 0 Å². The Labute approximate surface area is 115 Å². The molecule has 6 nitrogen and oxygen atoms in total. The molecular formula is C12H21O6Si. The maximum absolute atomic E-state index is 11.4. The van der Waals surface area contributed by atoms with E-state index in [0.29, 0.717) is 19.3 Å². The average Bonchev–Trinajstić information content (AvgIpc) is 2.29. The molecule has 0 aliphatic carbocycles. The van der Waals surface area contributed by atoms with Crippen LogP contribution in [0.25, 0.3) is 0 Å². The highest BCUT2D eigenvalue weighted by Gasteiger charge is 2.34. The molecule has 1 radical (unpaired) electrons. The van der Waals surface area contributed by atoms with Gasteiger partial charge in [0.25, 0.3) is 17.9 Å². The maximum atomic E-state index is 11.4. The molecule has 0 aliphatic heterocycles. The smallest absolute Gasteiger partial charge is 0.451 e. The summed E-state index contributed by atoms with van der Waals surface area (Å²) < 4.78 is 14.7. The molecule has 0 fully saturated rings. The minimum absolute atomic E-state index is 0.199. The topological polar surface area (TPSA) is 78.9 Å². The van der Waals surface area contributed by atoms with Crippen molar-refractivity contribution in [2.45, 2.75) is 59.3 Å². The summed E-state index contributed by atoms with van der Waals surface area (Å²) in [6, 6.07) is 0. The number of rotatable bonds is 9. The van der Waals surface area contributed by atoms with E-state index in [1.807, 2.05) is 20.8 Å². The zero-order chi connectivity index (χ0) is 14.7. The molecule has 0 aromatic rings. The van der Waals surface area contributed by atoms with E-state index in [4.69, 9.17) is 13.3 Å². The molecule has 0 aliphatic rings. The lowest BCUT2D eigenvalue weighted by molar-refractivity contribution is -0.147. The maximum Gasteiger partial charge on any atom is 0.824 e. The second-order valence-corrected chi connectivity index (χ2v) is 5.03.